The van der Waals surface area contributed by atoms with Gasteiger partial charge < -0.3 is 5.32 Å². The fraction of sp³-hybridized carbons (Fsp3) is 0.600. The second-order valence-corrected chi connectivity index (χ2v) is 6.18. The summed E-state index contributed by atoms with van der Waals surface area (Å²) in [6.07, 6.45) is 1.41. The summed E-state index contributed by atoms with van der Waals surface area (Å²) >= 11 is 6.11. The number of rotatable bonds is 3. The van der Waals surface area contributed by atoms with Gasteiger partial charge in [0.25, 0.3) is 0 Å². The van der Waals surface area contributed by atoms with E-state index in [-0.39, 0.29) is 0 Å². The molecule has 0 amide bonds. The molecular weight excluding hydrogens is 244 g/mol. The highest BCUT2D eigenvalue weighted by Gasteiger charge is 2.36. The van der Waals surface area contributed by atoms with Gasteiger partial charge in [-0.2, -0.15) is 0 Å². The van der Waals surface area contributed by atoms with E-state index in [9.17, 15) is 0 Å². The van der Waals surface area contributed by atoms with Gasteiger partial charge in [-0.3, -0.25) is 4.90 Å². The number of benzene rings is 1. The summed E-state index contributed by atoms with van der Waals surface area (Å²) in [5.74, 6) is 1.85. The SMILES string of the molecule is CC1CC1CN1CCNCC1c1cccc(Cl)c1. The molecule has 18 heavy (non-hydrogen) atoms. The number of nitrogens with zero attached hydrogens (tertiary/aromatic N) is 1. The molecule has 3 atom stereocenters. The van der Waals surface area contributed by atoms with E-state index in [1.165, 1.54) is 18.5 Å². The van der Waals surface area contributed by atoms with Crippen molar-refractivity contribution in [2.75, 3.05) is 26.2 Å². The molecule has 3 heteroatoms. The lowest BCUT2D eigenvalue weighted by atomic mass is 10.0. The zero-order chi connectivity index (χ0) is 12.5. The summed E-state index contributed by atoms with van der Waals surface area (Å²) < 4.78 is 0. The number of halogens is 1. The van der Waals surface area contributed by atoms with Crippen molar-refractivity contribution in [3.05, 3.63) is 34.9 Å². The van der Waals surface area contributed by atoms with Crippen molar-refractivity contribution in [2.45, 2.75) is 19.4 Å². The first-order chi connectivity index (χ1) is 8.74. The molecule has 3 rings (SSSR count). The molecule has 0 aromatic heterocycles. The van der Waals surface area contributed by atoms with Crippen LogP contribution in [-0.4, -0.2) is 31.1 Å². The summed E-state index contributed by atoms with van der Waals surface area (Å²) in [6.45, 7) is 6.92. The van der Waals surface area contributed by atoms with Gasteiger partial charge in [0.2, 0.25) is 0 Å². The zero-order valence-electron chi connectivity index (χ0n) is 10.9. The van der Waals surface area contributed by atoms with Gasteiger partial charge in [-0.05, 0) is 36.0 Å². The van der Waals surface area contributed by atoms with E-state index in [1.54, 1.807) is 0 Å². The van der Waals surface area contributed by atoms with E-state index in [1.807, 2.05) is 6.07 Å². The Labute approximate surface area is 114 Å². The minimum absolute atomic E-state index is 0.491. The summed E-state index contributed by atoms with van der Waals surface area (Å²) in [6, 6.07) is 8.82. The zero-order valence-corrected chi connectivity index (χ0v) is 11.7. The van der Waals surface area contributed by atoms with Crippen molar-refractivity contribution in [1.29, 1.82) is 0 Å². The van der Waals surface area contributed by atoms with Crippen molar-refractivity contribution in [1.82, 2.24) is 10.2 Å². The molecule has 1 aromatic carbocycles. The van der Waals surface area contributed by atoms with Gasteiger partial charge in [-0.1, -0.05) is 30.7 Å². The number of hydrogen-bond acceptors (Lipinski definition) is 2. The highest BCUT2D eigenvalue weighted by Crippen LogP contribution is 2.40. The minimum atomic E-state index is 0.491. The number of hydrogen-bond donors (Lipinski definition) is 1. The van der Waals surface area contributed by atoms with Gasteiger partial charge in [0.1, 0.15) is 0 Å². The first-order valence-electron chi connectivity index (χ1n) is 6.94. The Morgan fingerprint density at radius 1 is 1.44 bits per heavy atom. The smallest absolute Gasteiger partial charge is 0.0473 e. The molecule has 2 nitrogen and oxygen atoms in total. The standard InChI is InChI=1S/C15H21ClN2/c1-11-7-13(11)10-18-6-5-17-9-15(18)12-3-2-4-14(16)8-12/h2-4,8,11,13,15,17H,5-7,9-10H2,1H3. The van der Waals surface area contributed by atoms with Crippen LogP contribution in [0.4, 0.5) is 0 Å². The molecule has 0 spiro atoms. The Kier molecular flexibility index (Phi) is 3.60. The summed E-state index contributed by atoms with van der Waals surface area (Å²) in [5.41, 5.74) is 1.35. The largest absolute Gasteiger partial charge is 0.314 e. The molecule has 1 heterocycles. The molecule has 0 bridgehead atoms. The normalized spacial score (nSPS) is 32.4. The molecule has 1 saturated heterocycles. The molecule has 2 fully saturated rings. The predicted molar refractivity (Wildman–Crippen MR) is 75.9 cm³/mol. The van der Waals surface area contributed by atoms with Crippen LogP contribution in [0.2, 0.25) is 5.02 Å². The quantitative estimate of drug-likeness (QED) is 0.903. The summed E-state index contributed by atoms with van der Waals surface area (Å²) in [5, 5.41) is 4.35. The lowest BCUT2D eigenvalue weighted by Crippen LogP contribution is -2.46. The van der Waals surface area contributed by atoms with E-state index in [2.05, 4.69) is 35.3 Å². The lowest BCUT2D eigenvalue weighted by Gasteiger charge is -2.36. The maximum atomic E-state index is 6.11. The Morgan fingerprint density at radius 3 is 3.00 bits per heavy atom. The Bertz CT molecular complexity index is 421. The summed E-state index contributed by atoms with van der Waals surface area (Å²) in [7, 11) is 0. The second-order valence-electron chi connectivity index (χ2n) is 5.74. The van der Waals surface area contributed by atoms with E-state index in [4.69, 9.17) is 11.6 Å². The summed E-state index contributed by atoms with van der Waals surface area (Å²) in [4.78, 5) is 2.64. The van der Waals surface area contributed by atoms with Gasteiger partial charge in [-0.15, -0.1) is 0 Å². The van der Waals surface area contributed by atoms with Crippen molar-refractivity contribution in [2.24, 2.45) is 11.8 Å². The first-order valence-corrected chi connectivity index (χ1v) is 7.32. The Hall–Kier alpha value is -0.570. The highest BCUT2D eigenvalue weighted by atomic mass is 35.5. The third kappa shape index (κ3) is 2.71. The average molecular weight is 265 g/mol. The fourth-order valence-electron chi connectivity index (χ4n) is 2.96. The second kappa shape index (κ2) is 5.20. The molecular formula is C15H21ClN2. The van der Waals surface area contributed by atoms with Crippen LogP contribution in [-0.2, 0) is 0 Å². The minimum Gasteiger partial charge on any atom is -0.314 e. The van der Waals surface area contributed by atoms with Crippen molar-refractivity contribution in [3.63, 3.8) is 0 Å². The van der Waals surface area contributed by atoms with Crippen molar-refractivity contribution >= 4 is 11.6 Å². The average Bonchev–Trinajstić information content (AvgIpc) is 3.05. The van der Waals surface area contributed by atoms with Crippen LogP contribution in [0.15, 0.2) is 24.3 Å². The molecule has 2 aliphatic rings. The molecule has 3 unspecified atom stereocenters. The molecule has 1 saturated carbocycles. The monoisotopic (exact) mass is 264 g/mol. The van der Waals surface area contributed by atoms with Gasteiger partial charge in [0.05, 0.1) is 0 Å². The fourth-order valence-corrected chi connectivity index (χ4v) is 3.16. The van der Waals surface area contributed by atoms with E-state index in [0.29, 0.717) is 6.04 Å². The van der Waals surface area contributed by atoms with Crippen molar-refractivity contribution in [3.8, 4) is 0 Å². The van der Waals surface area contributed by atoms with Crippen LogP contribution in [0.25, 0.3) is 0 Å². The predicted octanol–water partition coefficient (Wildman–Crippen LogP) is 2.94. The van der Waals surface area contributed by atoms with E-state index >= 15 is 0 Å². The molecule has 1 aliphatic heterocycles. The molecule has 1 N–H and O–H groups in total. The Morgan fingerprint density at radius 2 is 2.28 bits per heavy atom. The molecule has 1 aromatic rings. The van der Waals surface area contributed by atoms with Crippen LogP contribution in [0.3, 0.4) is 0 Å². The van der Waals surface area contributed by atoms with Crippen molar-refractivity contribution < 1.29 is 0 Å². The van der Waals surface area contributed by atoms with Gasteiger partial charge in [-0.25, -0.2) is 0 Å². The van der Waals surface area contributed by atoms with Gasteiger partial charge >= 0.3 is 0 Å². The van der Waals surface area contributed by atoms with Crippen LogP contribution >= 0.6 is 11.6 Å². The van der Waals surface area contributed by atoms with Crippen LogP contribution in [0, 0.1) is 11.8 Å². The highest BCUT2D eigenvalue weighted by molar-refractivity contribution is 6.30. The number of piperazine rings is 1. The third-order valence-electron chi connectivity index (χ3n) is 4.33. The molecule has 0 radical (unpaired) electrons. The lowest BCUT2D eigenvalue weighted by molar-refractivity contribution is 0.153. The topological polar surface area (TPSA) is 15.3 Å². The van der Waals surface area contributed by atoms with E-state index in [0.717, 1.165) is 36.5 Å². The molecule has 1 aliphatic carbocycles. The van der Waals surface area contributed by atoms with Gasteiger partial charge in [0.15, 0.2) is 0 Å². The van der Waals surface area contributed by atoms with Crippen LogP contribution in [0.1, 0.15) is 24.9 Å². The van der Waals surface area contributed by atoms with Crippen LogP contribution in [0.5, 0.6) is 0 Å². The molecule has 98 valence electrons. The maximum absolute atomic E-state index is 6.11. The third-order valence-corrected chi connectivity index (χ3v) is 4.57. The van der Waals surface area contributed by atoms with Gasteiger partial charge in [0, 0.05) is 37.2 Å². The number of nitrogens with one attached hydrogen (secondary N) is 1. The first kappa shape index (κ1) is 12.5. The Balaban J connectivity index is 1.74. The maximum Gasteiger partial charge on any atom is 0.0473 e. The van der Waals surface area contributed by atoms with Crippen LogP contribution < -0.4 is 5.32 Å². The van der Waals surface area contributed by atoms with E-state index < -0.39 is 0 Å².